The van der Waals surface area contributed by atoms with Gasteiger partial charge in [0.2, 0.25) is 0 Å². The van der Waals surface area contributed by atoms with Crippen molar-refractivity contribution in [2.45, 2.75) is 17.9 Å². The van der Waals surface area contributed by atoms with E-state index in [1.807, 2.05) is 30.3 Å². The fourth-order valence-electron chi connectivity index (χ4n) is 2.85. The number of amides is 1. The van der Waals surface area contributed by atoms with E-state index in [-0.39, 0.29) is 6.42 Å². The van der Waals surface area contributed by atoms with Crippen molar-refractivity contribution >= 4 is 29.3 Å². The van der Waals surface area contributed by atoms with Crippen LogP contribution in [0.15, 0.2) is 71.9 Å². The highest BCUT2D eigenvalue weighted by atomic mass is 35.5. The van der Waals surface area contributed by atoms with Gasteiger partial charge in [-0.05, 0) is 41.5 Å². The Morgan fingerprint density at radius 3 is 2.43 bits per heavy atom. The minimum atomic E-state index is -0.740. The zero-order valence-electron chi connectivity index (χ0n) is 16.3. The first kappa shape index (κ1) is 21.9. The smallest absolute Gasteiger partial charge is 0.290 e. The number of nitroso groups, excluding NO2 is 1. The van der Waals surface area contributed by atoms with Crippen LogP contribution in [0.4, 0.5) is 0 Å². The second-order valence-electron chi connectivity index (χ2n) is 6.48. The molecule has 3 aromatic carbocycles. The normalized spacial score (nSPS) is 10.5. The summed E-state index contributed by atoms with van der Waals surface area (Å²) in [6.07, 6.45) is -0.0930. The van der Waals surface area contributed by atoms with Crippen LogP contribution in [0.25, 0.3) is 0 Å². The number of thioether (sulfide) groups is 1. The molecule has 30 heavy (non-hydrogen) atoms. The van der Waals surface area contributed by atoms with E-state index < -0.39 is 5.91 Å². The number of nitrogens with zero attached hydrogens (tertiary/aromatic N) is 1. The van der Waals surface area contributed by atoms with Crippen LogP contribution in [0.5, 0.6) is 17.2 Å². The highest BCUT2D eigenvalue weighted by molar-refractivity contribution is 7.97. The van der Waals surface area contributed by atoms with Gasteiger partial charge in [-0.25, -0.2) is 0 Å². The molecule has 0 aliphatic carbocycles. The molecule has 0 N–H and O–H groups in total. The first-order valence-corrected chi connectivity index (χ1v) is 10.7. The summed E-state index contributed by atoms with van der Waals surface area (Å²) in [5.74, 6) is 2.45. The molecular weight excluding hydrogens is 422 g/mol. The van der Waals surface area contributed by atoms with Crippen LogP contribution < -0.4 is 9.47 Å². The van der Waals surface area contributed by atoms with E-state index in [4.69, 9.17) is 21.1 Å². The molecule has 154 valence electrons. The van der Waals surface area contributed by atoms with E-state index in [1.165, 1.54) is 5.56 Å². The standard InChI is InChI=1S/C23H20ClNO4S/c1-28-21-9-7-17(12-23(26)25-27)11-22(21)29-20-10-8-19(24)13-18(20)15-30-14-16-5-3-2-4-6-16/h2-11,13H,12,14-15H2,1H3. The molecule has 0 saturated carbocycles. The molecule has 0 radical (unpaired) electrons. The van der Waals surface area contributed by atoms with Crippen LogP contribution >= 0.6 is 23.4 Å². The van der Waals surface area contributed by atoms with E-state index in [9.17, 15) is 9.70 Å². The highest BCUT2D eigenvalue weighted by Crippen LogP contribution is 2.36. The molecule has 3 aromatic rings. The number of ether oxygens (including phenoxy) is 2. The number of hydrogen-bond acceptors (Lipinski definition) is 5. The van der Waals surface area contributed by atoms with Gasteiger partial charge in [-0.1, -0.05) is 48.0 Å². The Hall–Kier alpha value is -2.83. The molecule has 0 spiro atoms. The Kier molecular flexibility index (Phi) is 7.88. The summed E-state index contributed by atoms with van der Waals surface area (Å²) in [6.45, 7) is 0. The van der Waals surface area contributed by atoms with Gasteiger partial charge in [0.1, 0.15) is 5.75 Å². The van der Waals surface area contributed by atoms with Crippen molar-refractivity contribution < 1.29 is 14.3 Å². The molecule has 0 aliphatic rings. The van der Waals surface area contributed by atoms with Gasteiger partial charge >= 0.3 is 0 Å². The van der Waals surface area contributed by atoms with Crippen molar-refractivity contribution in [1.82, 2.24) is 0 Å². The molecule has 0 unspecified atom stereocenters. The predicted octanol–water partition coefficient (Wildman–Crippen LogP) is 6.41. The van der Waals surface area contributed by atoms with E-state index >= 15 is 0 Å². The van der Waals surface area contributed by atoms with Crippen LogP contribution in [0.1, 0.15) is 16.7 Å². The largest absolute Gasteiger partial charge is 0.493 e. The van der Waals surface area contributed by atoms with Gasteiger partial charge in [-0.3, -0.25) is 4.79 Å². The molecule has 0 aliphatic heterocycles. The van der Waals surface area contributed by atoms with Crippen molar-refractivity contribution in [3.05, 3.63) is 93.4 Å². The third-order valence-corrected chi connectivity index (χ3v) is 5.58. The van der Waals surface area contributed by atoms with Crippen molar-refractivity contribution in [1.29, 1.82) is 0 Å². The number of methoxy groups -OCH3 is 1. The van der Waals surface area contributed by atoms with Gasteiger partial charge in [0.25, 0.3) is 5.91 Å². The Labute approximate surface area is 184 Å². The van der Waals surface area contributed by atoms with E-state index in [1.54, 1.807) is 43.1 Å². The van der Waals surface area contributed by atoms with E-state index in [0.29, 0.717) is 33.6 Å². The lowest BCUT2D eigenvalue weighted by Gasteiger charge is -2.15. The maximum absolute atomic E-state index is 11.4. The van der Waals surface area contributed by atoms with E-state index in [2.05, 4.69) is 17.3 Å². The van der Waals surface area contributed by atoms with Gasteiger partial charge < -0.3 is 9.47 Å². The summed E-state index contributed by atoms with van der Waals surface area (Å²) in [6, 6.07) is 20.8. The zero-order valence-corrected chi connectivity index (χ0v) is 17.9. The van der Waals surface area contributed by atoms with Crippen LogP contribution in [0.2, 0.25) is 5.02 Å². The Morgan fingerprint density at radius 1 is 0.933 bits per heavy atom. The first-order valence-electron chi connectivity index (χ1n) is 9.20. The molecule has 3 rings (SSSR count). The second kappa shape index (κ2) is 10.8. The minimum absolute atomic E-state index is 0.0930. The van der Waals surface area contributed by atoms with Gasteiger partial charge in [0.15, 0.2) is 11.5 Å². The molecule has 0 aromatic heterocycles. The van der Waals surface area contributed by atoms with Gasteiger partial charge in [-0.2, -0.15) is 11.8 Å². The van der Waals surface area contributed by atoms with Crippen LogP contribution in [0.3, 0.4) is 0 Å². The van der Waals surface area contributed by atoms with Crippen LogP contribution in [0, 0.1) is 4.91 Å². The molecule has 0 saturated heterocycles. The zero-order chi connectivity index (χ0) is 21.3. The highest BCUT2D eigenvalue weighted by Gasteiger charge is 2.13. The van der Waals surface area contributed by atoms with Gasteiger partial charge in [0.05, 0.1) is 13.5 Å². The number of carbonyl (C=O) groups is 1. The molecule has 0 heterocycles. The number of carbonyl (C=O) groups excluding carboxylic acids is 1. The molecule has 0 bridgehead atoms. The molecule has 5 nitrogen and oxygen atoms in total. The number of rotatable bonds is 9. The van der Waals surface area contributed by atoms with Crippen LogP contribution in [-0.2, 0) is 22.7 Å². The monoisotopic (exact) mass is 441 g/mol. The lowest BCUT2D eigenvalue weighted by Crippen LogP contribution is -2.00. The first-order chi connectivity index (χ1) is 14.6. The predicted molar refractivity (Wildman–Crippen MR) is 120 cm³/mol. The number of halogens is 1. The van der Waals surface area contributed by atoms with Gasteiger partial charge in [-0.15, -0.1) is 4.91 Å². The maximum Gasteiger partial charge on any atom is 0.290 e. The summed E-state index contributed by atoms with van der Waals surface area (Å²) in [5.41, 5.74) is 2.81. The lowest BCUT2D eigenvalue weighted by atomic mass is 10.1. The minimum Gasteiger partial charge on any atom is -0.493 e. The molecule has 1 amide bonds. The fraction of sp³-hybridized carbons (Fsp3) is 0.174. The third-order valence-electron chi connectivity index (χ3n) is 4.30. The molecule has 0 atom stereocenters. The Bertz CT molecular complexity index is 1030. The molecule has 7 heteroatoms. The lowest BCUT2D eigenvalue weighted by molar-refractivity contribution is -0.117. The molecule has 0 fully saturated rings. The third kappa shape index (κ3) is 6.08. The number of hydrogen-bond donors (Lipinski definition) is 0. The maximum atomic E-state index is 11.4. The quantitative estimate of drug-likeness (QED) is 0.359. The average Bonchev–Trinajstić information content (AvgIpc) is 2.76. The van der Waals surface area contributed by atoms with Crippen molar-refractivity contribution in [3.63, 3.8) is 0 Å². The summed E-state index contributed by atoms with van der Waals surface area (Å²) >= 11 is 7.96. The summed E-state index contributed by atoms with van der Waals surface area (Å²) in [7, 11) is 1.54. The Balaban J connectivity index is 1.79. The summed E-state index contributed by atoms with van der Waals surface area (Å²) in [4.78, 5) is 21.8. The fourth-order valence-corrected chi connectivity index (χ4v) is 4.02. The SMILES string of the molecule is COc1ccc(CC(=O)N=O)cc1Oc1ccc(Cl)cc1CSCc1ccccc1. The Morgan fingerprint density at radius 2 is 1.70 bits per heavy atom. The summed E-state index contributed by atoms with van der Waals surface area (Å²) < 4.78 is 11.5. The van der Waals surface area contributed by atoms with Crippen LogP contribution in [-0.4, -0.2) is 13.0 Å². The van der Waals surface area contributed by atoms with E-state index in [0.717, 1.165) is 11.3 Å². The number of benzene rings is 3. The van der Waals surface area contributed by atoms with Gasteiger partial charge in [0, 0.05) is 27.3 Å². The second-order valence-corrected chi connectivity index (χ2v) is 7.90. The van der Waals surface area contributed by atoms with Crippen molar-refractivity contribution in [3.8, 4) is 17.2 Å². The average molecular weight is 442 g/mol. The van der Waals surface area contributed by atoms with Crippen molar-refractivity contribution in [2.75, 3.05) is 7.11 Å². The van der Waals surface area contributed by atoms with Crippen molar-refractivity contribution in [2.24, 2.45) is 5.18 Å². The topological polar surface area (TPSA) is 65.0 Å². The summed E-state index contributed by atoms with van der Waals surface area (Å²) in [5, 5.41) is 3.07. The molecular formula is C23H20ClNO4S.